The molecule has 13 heteroatoms. The van der Waals surface area contributed by atoms with Gasteiger partial charge in [0.05, 0.1) is 31.1 Å². The molecule has 1 unspecified atom stereocenters. The predicted octanol–water partition coefficient (Wildman–Crippen LogP) is 12.3. The average molecular weight is 1190 g/mol. The maximum Gasteiger partial charge on any atom is 0.259 e. The van der Waals surface area contributed by atoms with Gasteiger partial charge in [-0.2, -0.15) is 9.84 Å². The van der Waals surface area contributed by atoms with Gasteiger partial charge in [-0.1, -0.05) is 92.4 Å². The molecule has 2 aliphatic heterocycles. The second-order valence-electron chi connectivity index (χ2n) is 21.5. The molecular formula is C64H78IN6O4PS. The van der Waals surface area contributed by atoms with Crippen molar-refractivity contribution in [1.82, 2.24) is 9.99 Å². The van der Waals surface area contributed by atoms with Crippen LogP contribution in [0.1, 0.15) is 125 Å². The highest BCUT2D eigenvalue weighted by Gasteiger charge is 2.45. The van der Waals surface area contributed by atoms with E-state index < -0.39 is 8.53 Å². The van der Waals surface area contributed by atoms with Crippen molar-refractivity contribution in [2.75, 3.05) is 43.1 Å². The Bertz CT molecular complexity index is 3140. The van der Waals surface area contributed by atoms with Crippen molar-refractivity contribution in [3.63, 3.8) is 0 Å². The minimum Gasteiger partial charge on any atom is -1.00 e. The van der Waals surface area contributed by atoms with E-state index in [4.69, 9.17) is 14.3 Å². The number of anilines is 2. The number of halogens is 1. The van der Waals surface area contributed by atoms with E-state index in [1.165, 1.54) is 71.5 Å². The van der Waals surface area contributed by atoms with E-state index in [1.54, 1.807) is 11.8 Å². The summed E-state index contributed by atoms with van der Waals surface area (Å²) in [5.74, 6) is -0.210. The molecule has 0 spiro atoms. The summed E-state index contributed by atoms with van der Waals surface area (Å²) >= 11 is 1.80. The summed E-state index contributed by atoms with van der Waals surface area (Å²) in [6.45, 7) is 25.4. The first-order valence-corrected chi connectivity index (χ1v) is 29.4. The first-order chi connectivity index (χ1) is 36.6. The van der Waals surface area contributed by atoms with Crippen LogP contribution in [0.5, 0.6) is 0 Å². The van der Waals surface area contributed by atoms with E-state index in [0.717, 1.165) is 36.5 Å². The Kier molecular flexibility index (Phi) is 20.6. The summed E-state index contributed by atoms with van der Waals surface area (Å²) in [4.78, 5) is 30.7. The predicted molar refractivity (Wildman–Crippen MR) is 318 cm³/mol. The highest BCUT2D eigenvalue weighted by atomic mass is 127. The molecule has 0 fully saturated rings. The molecule has 5 aromatic carbocycles. The van der Waals surface area contributed by atoms with Crippen LogP contribution in [0, 0.1) is 11.3 Å². The van der Waals surface area contributed by atoms with Crippen molar-refractivity contribution in [1.29, 1.82) is 5.26 Å². The number of carbonyl (C=O) groups is 2. The average Bonchev–Trinajstić information content (AvgIpc) is 3.96. The maximum absolute atomic E-state index is 13.1. The zero-order chi connectivity index (χ0) is 54.1. The van der Waals surface area contributed by atoms with Gasteiger partial charge in [0.2, 0.25) is 17.5 Å². The number of fused-ring (bicyclic) bond motifs is 6. The highest BCUT2D eigenvalue weighted by molar-refractivity contribution is 8.03. The summed E-state index contributed by atoms with van der Waals surface area (Å²) < 4.78 is 16.8. The third-order valence-corrected chi connectivity index (χ3v) is 18.3. The Balaban J connectivity index is 0.00000861. The van der Waals surface area contributed by atoms with E-state index >= 15 is 0 Å². The molecule has 77 heavy (non-hydrogen) atoms. The normalized spacial score (nSPS) is 17.1. The third-order valence-electron chi connectivity index (χ3n) is 14.9. The lowest BCUT2D eigenvalue weighted by Crippen LogP contribution is -3.00. The standard InChI is InChI=1S/C64H77N6O4PS.HI/c1-11-68-54-36-28-46-20-13-15-22-52(46)60(54)63(7,8)56(68)38-30-48-26-27-49(31-39-57-64(9,10)61-53-23-16-14-21-47(53)29-37-55(61)69(57)12-2)62(48)76-51-34-32-50(33-35-51)67-59(72)25-17-24-58(71)66-41-19-43-74-75(73-42-18-40-65)70(44(3)4)45(5)6;/h13-16,20-23,28-39,44-45H,11-12,17-19,24-27,41-43H2,1-10H3,(H-,66,67,71,72);1H. The van der Waals surface area contributed by atoms with Crippen LogP contribution in [-0.4, -0.2) is 71.7 Å². The topological polar surface area (TPSA) is 110 Å². The molecule has 0 saturated heterocycles. The van der Waals surface area contributed by atoms with Crippen molar-refractivity contribution in [2.24, 2.45) is 0 Å². The lowest BCUT2D eigenvalue weighted by atomic mass is 9.79. The number of nitrogens with zero attached hydrogens (tertiary/aromatic N) is 4. The van der Waals surface area contributed by atoms with Gasteiger partial charge in [0.25, 0.3) is 8.53 Å². The van der Waals surface area contributed by atoms with Gasteiger partial charge in [0.1, 0.15) is 6.54 Å². The Morgan fingerprint density at radius 3 is 2.10 bits per heavy atom. The number of rotatable bonds is 23. The second kappa shape index (κ2) is 26.7. The van der Waals surface area contributed by atoms with Gasteiger partial charge < -0.3 is 48.6 Å². The molecule has 8 rings (SSSR count). The molecule has 3 aliphatic rings. The summed E-state index contributed by atoms with van der Waals surface area (Å²) in [7, 11) is -1.32. The number of allylic oxidation sites excluding steroid dienone is 7. The number of thioether (sulfide) groups is 1. The number of amides is 2. The minimum atomic E-state index is -1.32. The van der Waals surface area contributed by atoms with Gasteiger partial charge in [-0.25, -0.2) is 4.67 Å². The number of nitrogens with one attached hydrogen (secondary N) is 2. The quantitative estimate of drug-likeness (QED) is 0.0288. The first kappa shape index (κ1) is 59.5. The summed E-state index contributed by atoms with van der Waals surface area (Å²) in [5, 5.41) is 20.2. The number of hydrogen-bond acceptors (Lipinski definition) is 8. The first-order valence-electron chi connectivity index (χ1n) is 27.4. The molecule has 1 atom stereocenters. The molecule has 0 saturated carbocycles. The van der Waals surface area contributed by atoms with E-state index in [-0.39, 0.29) is 71.5 Å². The van der Waals surface area contributed by atoms with Crippen LogP contribution >= 0.6 is 20.3 Å². The lowest BCUT2D eigenvalue weighted by Gasteiger charge is -2.35. The smallest absolute Gasteiger partial charge is 0.259 e. The third kappa shape index (κ3) is 13.3. The molecule has 5 aromatic rings. The van der Waals surface area contributed by atoms with Crippen molar-refractivity contribution in [3.8, 4) is 6.07 Å². The van der Waals surface area contributed by atoms with Crippen molar-refractivity contribution >= 4 is 76.4 Å². The van der Waals surface area contributed by atoms with Gasteiger partial charge in [0.15, 0.2) is 5.71 Å². The van der Waals surface area contributed by atoms with Gasteiger partial charge in [-0.15, -0.1) is 0 Å². The van der Waals surface area contributed by atoms with Crippen LogP contribution < -0.4 is 39.5 Å². The summed E-state index contributed by atoms with van der Waals surface area (Å²) in [6, 6.07) is 37.4. The number of nitriles is 1. The fourth-order valence-electron chi connectivity index (χ4n) is 11.5. The molecular weight excluding hydrogens is 1110 g/mol. The monoisotopic (exact) mass is 1180 g/mol. The fourth-order valence-corrected chi connectivity index (χ4v) is 14.2. The molecule has 0 bridgehead atoms. The molecule has 1 aliphatic carbocycles. The Morgan fingerprint density at radius 1 is 0.792 bits per heavy atom. The van der Waals surface area contributed by atoms with Crippen molar-refractivity contribution in [2.45, 2.75) is 142 Å². The Hall–Kier alpha value is -5.13. The van der Waals surface area contributed by atoms with E-state index in [9.17, 15) is 9.59 Å². The van der Waals surface area contributed by atoms with Crippen LogP contribution in [0.15, 0.2) is 148 Å². The molecule has 2 N–H and O–H groups in total. The second-order valence-corrected chi connectivity index (χ2v) is 24.1. The molecule has 2 amide bonds. The highest BCUT2D eigenvalue weighted by Crippen LogP contribution is 2.52. The molecule has 0 radical (unpaired) electrons. The summed E-state index contributed by atoms with van der Waals surface area (Å²) in [6.07, 6.45) is 13.3. The lowest BCUT2D eigenvalue weighted by molar-refractivity contribution is -0.433. The van der Waals surface area contributed by atoms with Crippen LogP contribution in [-0.2, 0) is 29.5 Å². The Labute approximate surface area is 481 Å². The number of benzene rings is 5. The Morgan fingerprint density at radius 2 is 1.44 bits per heavy atom. The van der Waals surface area contributed by atoms with Crippen LogP contribution in [0.25, 0.3) is 21.5 Å². The van der Waals surface area contributed by atoms with Crippen LogP contribution in [0.3, 0.4) is 0 Å². The maximum atomic E-state index is 13.1. The zero-order valence-corrected chi connectivity index (χ0v) is 50.7. The van der Waals surface area contributed by atoms with E-state index in [0.29, 0.717) is 39.0 Å². The van der Waals surface area contributed by atoms with E-state index in [2.05, 4.69) is 209 Å². The molecule has 406 valence electrons. The fraction of sp³-hybridized carbons (Fsp3) is 0.406. The van der Waals surface area contributed by atoms with Crippen LogP contribution in [0.2, 0.25) is 0 Å². The van der Waals surface area contributed by atoms with E-state index in [1.807, 2.05) is 12.1 Å². The number of hydrogen-bond donors (Lipinski definition) is 2. The molecule has 0 aromatic heterocycles. The van der Waals surface area contributed by atoms with Crippen molar-refractivity contribution < 1.29 is 47.2 Å². The van der Waals surface area contributed by atoms with Gasteiger partial charge in [-0.3, -0.25) is 9.59 Å². The minimum absolute atomic E-state index is 0. The number of carbonyl (C=O) groups excluding carboxylic acids is 2. The number of likely N-dealkylation sites (N-methyl/N-ethyl adjacent to an activating group) is 1. The summed E-state index contributed by atoms with van der Waals surface area (Å²) in [5.41, 5.74) is 11.0. The molecule has 2 heterocycles. The zero-order valence-electron chi connectivity index (χ0n) is 46.8. The SMILES string of the molecule is CCN1/C(=C/C=C2\CCC(/C=C/C3=[N+](CC)c4ccc5ccccc5c4C3(C)C)=C2Sc2ccc(NC(=O)CCCC(=O)NCCCOP(OCCC#N)N(C(C)C)C(C)C)cc2)C(C)(C)c2c1ccc1ccccc21.[I-]. The van der Waals surface area contributed by atoms with Gasteiger partial charge in [0, 0.05) is 88.0 Å². The van der Waals surface area contributed by atoms with Gasteiger partial charge in [-0.05, 0) is 162 Å². The largest absolute Gasteiger partial charge is 1.00 e. The van der Waals surface area contributed by atoms with Crippen LogP contribution in [0.4, 0.5) is 17.1 Å². The van der Waals surface area contributed by atoms with Gasteiger partial charge >= 0.3 is 0 Å². The molecule has 10 nitrogen and oxygen atoms in total. The van der Waals surface area contributed by atoms with Crippen molar-refractivity contribution in [3.05, 3.63) is 154 Å².